The lowest BCUT2D eigenvalue weighted by Crippen LogP contribution is -2.50. The molecule has 114 valence electrons. The van der Waals surface area contributed by atoms with E-state index in [4.69, 9.17) is 10.5 Å². The Morgan fingerprint density at radius 3 is 2.76 bits per heavy atom. The zero-order valence-corrected chi connectivity index (χ0v) is 11.9. The summed E-state index contributed by atoms with van der Waals surface area (Å²) in [6, 6.07) is 8.37. The predicted octanol–water partition coefficient (Wildman–Crippen LogP) is 0.682. The SMILES string of the molecule is CC1(C(=O)O)COCC1NC(=O)CC(N)c1ccccc1. The molecule has 6 heteroatoms. The maximum absolute atomic E-state index is 12.1. The Hall–Kier alpha value is -1.92. The summed E-state index contributed by atoms with van der Waals surface area (Å²) in [6.07, 6.45) is 0.107. The van der Waals surface area contributed by atoms with Gasteiger partial charge in [-0.15, -0.1) is 0 Å². The minimum absolute atomic E-state index is 0.0953. The Bertz CT molecular complexity index is 520. The third-order valence-corrected chi connectivity index (χ3v) is 3.91. The van der Waals surface area contributed by atoms with E-state index in [1.807, 2.05) is 30.3 Å². The molecule has 1 aromatic rings. The fourth-order valence-electron chi connectivity index (χ4n) is 2.36. The highest BCUT2D eigenvalue weighted by Crippen LogP contribution is 2.29. The van der Waals surface area contributed by atoms with E-state index in [0.717, 1.165) is 5.56 Å². The van der Waals surface area contributed by atoms with Gasteiger partial charge in [-0.25, -0.2) is 0 Å². The van der Waals surface area contributed by atoms with E-state index in [1.165, 1.54) is 0 Å². The molecule has 1 aromatic carbocycles. The van der Waals surface area contributed by atoms with Crippen LogP contribution in [0, 0.1) is 5.41 Å². The minimum atomic E-state index is -1.09. The average molecular weight is 292 g/mol. The molecular formula is C15H20N2O4. The van der Waals surface area contributed by atoms with Crippen molar-refractivity contribution in [3.63, 3.8) is 0 Å². The normalized spacial score (nSPS) is 26.3. The van der Waals surface area contributed by atoms with Gasteiger partial charge in [-0.3, -0.25) is 9.59 Å². The van der Waals surface area contributed by atoms with Gasteiger partial charge in [0.2, 0.25) is 5.91 Å². The third kappa shape index (κ3) is 3.40. The van der Waals surface area contributed by atoms with Gasteiger partial charge in [0.25, 0.3) is 0 Å². The molecule has 21 heavy (non-hydrogen) atoms. The van der Waals surface area contributed by atoms with E-state index in [9.17, 15) is 14.7 Å². The third-order valence-electron chi connectivity index (χ3n) is 3.91. The monoisotopic (exact) mass is 292 g/mol. The highest BCUT2D eigenvalue weighted by atomic mass is 16.5. The average Bonchev–Trinajstić information content (AvgIpc) is 2.82. The van der Waals surface area contributed by atoms with E-state index in [0.29, 0.717) is 0 Å². The van der Waals surface area contributed by atoms with Crippen LogP contribution in [0.15, 0.2) is 30.3 Å². The topological polar surface area (TPSA) is 102 Å². The second-order valence-corrected chi connectivity index (χ2v) is 5.58. The number of carbonyl (C=O) groups is 2. The van der Waals surface area contributed by atoms with Crippen LogP contribution in [0.25, 0.3) is 0 Å². The molecule has 6 nitrogen and oxygen atoms in total. The van der Waals surface area contributed by atoms with Crippen molar-refractivity contribution >= 4 is 11.9 Å². The van der Waals surface area contributed by atoms with Crippen LogP contribution in [0.5, 0.6) is 0 Å². The first-order valence-corrected chi connectivity index (χ1v) is 6.84. The maximum atomic E-state index is 12.1. The number of amides is 1. The molecule has 1 fully saturated rings. The Morgan fingerprint density at radius 2 is 2.14 bits per heavy atom. The molecule has 1 saturated heterocycles. The number of carboxylic acids is 1. The number of hydrogen-bond acceptors (Lipinski definition) is 4. The van der Waals surface area contributed by atoms with Gasteiger partial charge in [-0.2, -0.15) is 0 Å². The number of carboxylic acid groups (broad SMARTS) is 1. The van der Waals surface area contributed by atoms with E-state index in [-0.39, 0.29) is 25.5 Å². The molecule has 1 aliphatic rings. The fraction of sp³-hybridized carbons (Fsp3) is 0.467. The number of nitrogens with two attached hydrogens (primary N) is 1. The Labute approximate surface area is 123 Å². The van der Waals surface area contributed by atoms with Gasteiger partial charge in [0, 0.05) is 12.5 Å². The van der Waals surface area contributed by atoms with Crippen molar-refractivity contribution in [2.75, 3.05) is 13.2 Å². The van der Waals surface area contributed by atoms with Crippen molar-refractivity contribution in [2.24, 2.45) is 11.1 Å². The molecule has 0 saturated carbocycles. The lowest BCUT2D eigenvalue weighted by molar-refractivity contribution is -0.149. The lowest BCUT2D eigenvalue weighted by atomic mass is 9.85. The largest absolute Gasteiger partial charge is 0.481 e. The Kier molecular flexibility index (Phi) is 4.59. The van der Waals surface area contributed by atoms with Gasteiger partial charge in [-0.1, -0.05) is 30.3 Å². The first-order chi connectivity index (χ1) is 9.93. The standard InChI is InChI=1S/C15H20N2O4/c1-15(14(19)20)9-21-8-12(15)17-13(18)7-11(16)10-5-3-2-4-6-10/h2-6,11-12H,7-9,16H2,1H3,(H,17,18)(H,19,20). The van der Waals surface area contributed by atoms with Crippen molar-refractivity contribution in [1.29, 1.82) is 0 Å². The molecule has 0 bridgehead atoms. The van der Waals surface area contributed by atoms with Gasteiger partial charge < -0.3 is 20.9 Å². The number of nitrogens with one attached hydrogen (secondary N) is 1. The molecule has 0 aliphatic carbocycles. The Morgan fingerprint density at radius 1 is 1.48 bits per heavy atom. The summed E-state index contributed by atoms with van der Waals surface area (Å²) in [4.78, 5) is 23.4. The van der Waals surface area contributed by atoms with Crippen LogP contribution >= 0.6 is 0 Å². The van der Waals surface area contributed by atoms with Gasteiger partial charge in [0.1, 0.15) is 5.41 Å². The zero-order chi connectivity index (χ0) is 15.5. The maximum Gasteiger partial charge on any atom is 0.313 e. The van der Waals surface area contributed by atoms with Gasteiger partial charge in [-0.05, 0) is 12.5 Å². The summed E-state index contributed by atoms with van der Waals surface area (Å²) in [6.45, 7) is 1.87. The molecule has 4 N–H and O–H groups in total. The highest BCUT2D eigenvalue weighted by molar-refractivity contribution is 5.80. The molecule has 2 rings (SSSR count). The number of ether oxygens (including phenoxy) is 1. The van der Waals surface area contributed by atoms with Gasteiger partial charge in [0.05, 0.1) is 19.3 Å². The molecule has 0 radical (unpaired) electrons. The molecule has 0 spiro atoms. The minimum Gasteiger partial charge on any atom is -0.481 e. The summed E-state index contributed by atoms with van der Waals surface area (Å²) >= 11 is 0. The van der Waals surface area contributed by atoms with Crippen LogP contribution in [0.2, 0.25) is 0 Å². The van der Waals surface area contributed by atoms with Gasteiger partial charge in [0.15, 0.2) is 0 Å². The van der Waals surface area contributed by atoms with Crippen molar-refractivity contribution in [3.05, 3.63) is 35.9 Å². The van der Waals surface area contributed by atoms with Crippen molar-refractivity contribution < 1.29 is 19.4 Å². The molecule has 1 aliphatic heterocycles. The number of carbonyl (C=O) groups excluding carboxylic acids is 1. The molecule has 1 amide bonds. The molecule has 1 heterocycles. The van der Waals surface area contributed by atoms with Gasteiger partial charge >= 0.3 is 5.97 Å². The smallest absolute Gasteiger partial charge is 0.313 e. The number of hydrogen-bond donors (Lipinski definition) is 3. The molecule has 3 atom stereocenters. The van der Waals surface area contributed by atoms with Crippen LogP contribution in [0.1, 0.15) is 24.9 Å². The predicted molar refractivity (Wildman–Crippen MR) is 76.5 cm³/mol. The highest BCUT2D eigenvalue weighted by Gasteiger charge is 2.47. The number of aliphatic carboxylic acids is 1. The molecular weight excluding hydrogens is 272 g/mol. The molecule has 3 unspecified atom stereocenters. The summed E-state index contributed by atoms with van der Waals surface area (Å²) < 4.78 is 5.20. The van der Waals surface area contributed by atoms with Crippen LogP contribution < -0.4 is 11.1 Å². The fourth-order valence-corrected chi connectivity index (χ4v) is 2.36. The van der Waals surface area contributed by atoms with Crippen molar-refractivity contribution in [2.45, 2.75) is 25.4 Å². The molecule has 0 aromatic heterocycles. The van der Waals surface area contributed by atoms with E-state index < -0.39 is 23.5 Å². The zero-order valence-electron chi connectivity index (χ0n) is 11.9. The summed E-state index contributed by atoms with van der Waals surface area (Å²) in [5, 5.41) is 12.0. The van der Waals surface area contributed by atoms with Crippen LogP contribution in [-0.4, -0.2) is 36.2 Å². The van der Waals surface area contributed by atoms with E-state index in [2.05, 4.69) is 5.32 Å². The summed E-state index contributed by atoms with van der Waals surface area (Å²) in [5.41, 5.74) is 5.77. The van der Waals surface area contributed by atoms with Crippen LogP contribution in [-0.2, 0) is 14.3 Å². The second-order valence-electron chi connectivity index (χ2n) is 5.58. The first kappa shape index (κ1) is 15.5. The van der Waals surface area contributed by atoms with E-state index in [1.54, 1.807) is 6.92 Å². The second kappa shape index (κ2) is 6.24. The summed E-state index contributed by atoms with van der Waals surface area (Å²) in [7, 11) is 0. The Balaban J connectivity index is 1.94. The quantitative estimate of drug-likeness (QED) is 0.741. The van der Waals surface area contributed by atoms with Crippen LogP contribution in [0.4, 0.5) is 0 Å². The van der Waals surface area contributed by atoms with Crippen molar-refractivity contribution in [1.82, 2.24) is 5.32 Å². The van der Waals surface area contributed by atoms with Crippen molar-refractivity contribution in [3.8, 4) is 0 Å². The van der Waals surface area contributed by atoms with E-state index >= 15 is 0 Å². The lowest BCUT2D eigenvalue weighted by Gasteiger charge is -2.26. The van der Waals surface area contributed by atoms with Crippen LogP contribution in [0.3, 0.4) is 0 Å². The number of rotatable bonds is 5. The first-order valence-electron chi connectivity index (χ1n) is 6.84. The summed E-state index contributed by atoms with van der Waals surface area (Å²) in [5.74, 6) is -1.24. The number of benzene rings is 1.